The quantitative estimate of drug-likeness (QED) is 0.414. The number of ether oxygens (including phenoxy) is 1. The first-order valence-corrected chi connectivity index (χ1v) is 12.8. The third-order valence-corrected chi connectivity index (χ3v) is 8.21. The number of rotatable bonds is 9. The maximum Gasteiger partial charge on any atom is 0.330 e. The van der Waals surface area contributed by atoms with E-state index in [0.717, 1.165) is 18.7 Å². The van der Waals surface area contributed by atoms with Crippen molar-refractivity contribution in [3.8, 4) is 11.3 Å². The highest BCUT2D eigenvalue weighted by Crippen LogP contribution is 2.51. The molecular weight excluding hydrogens is 468 g/mol. The van der Waals surface area contributed by atoms with Crippen molar-refractivity contribution in [2.24, 2.45) is 0 Å². The van der Waals surface area contributed by atoms with Gasteiger partial charge in [0.05, 0.1) is 0 Å². The second-order valence-electron chi connectivity index (χ2n) is 9.23. The van der Waals surface area contributed by atoms with Crippen molar-refractivity contribution in [2.45, 2.75) is 56.8 Å². The number of likely N-dealkylation sites (N-methyl/N-ethyl adjacent to an activating group) is 1. The van der Waals surface area contributed by atoms with E-state index in [1.807, 2.05) is 44.2 Å². The Kier molecular flexibility index (Phi) is 7.23. The van der Waals surface area contributed by atoms with E-state index < -0.39 is 28.7 Å². The molecular formula is C25H32N4O5S. The van der Waals surface area contributed by atoms with Gasteiger partial charge in [-0.15, -0.1) is 11.8 Å². The molecule has 0 bridgehead atoms. The fourth-order valence-corrected chi connectivity index (χ4v) is 6.29. The van der Waals surface area contributed by atoms with Crippen LogP contribution >= 0.6 is 11.8 Å². The molecule has 10 heteroatoms. The summed E-state index contributed by atoms with van der Waals surface area (Å²) in [6, 6.07) is 7.83. The third kappa shape index (κ3) is 4.69. The predicted molar refractivity (Wildman–Crippen MR) is 133 cm³/mol. The number of aryl methyl sites for hydroxylation is 1. The predicted octanol–water partition coefficient (Wildman–Crippen LogP) is 2.70. The molecule has 0 unspecified atom stereocenters. The van der Waals surface area contributed by atoms with Gasteiger partial charge in [0.15, 0.2) is 0 Å². The molecule has 2 saturated heterocycles. The molecule has 2 amide bonds. The Bertz CT molecular complexity index is 1100. The summed E-state index contributed by atoms with van der Waals surface area (Å²) < 4.78 is 10.3. The number of esters is 1. The number of hydrogen-bond donors (Lipinski definition) is 1. The maximum absolute atomic E-state index is 13.2. The zero-order valence-corrected chi connectivity index (χ0v) is 21.6. The van der Waals surface area contributed by atoms with Crippen LogP contribution in [0.2, 0.25) is 0 Å². The Morgan fingerprint density at radius 2 is 1.91 bits per heavy atom. The highest BCUT2D eigenvalue weighted by atomic mass is 32.2. The van der Waals surface area contributed by atoms with Gasteiger partial charge in [-0.05, 0) is 33.9 Å². The average molecular weight is 501 g/mol. The lowest BCUT2D eigenvalue weighted by Gasteiger charge is -2.43. The SMILES string of the molecule is CCN(CC)CCOC(=O)[C@@H]1N2C(=O)[C@@H](NC(=O)c3c(-c4ccccc4)noc3C)[C@H]2SC1(C)C. The van der Waals surface area contributed by atoms with Gasteiger partial charge in [-0.25, -0.2) is 4.79 Å². The van der Waals surface area contributed by atoms with E-state index in [1.165, 1.54) is 11.8 Å². The van der Waals surface area contributed by atoms with Crippen LogP contribution in [-0.4, -0.2) is 81.2 Å². The Morgan fingerprint density at radius 1 is 1.23 bits per heavy atom. The number of nitrogens with zero attached hydrogens (tertiary/aromatic N) is 3. The largest absolute Gasteiger partial charge is 0.463 e. The number of hydrogen-bond acceptors (Lipinski definition) is 8. The first kappa shape index (κ1) is 25.2. The van der Waals surface area contributed by atoms with Crippen LogP contribution in [0.25, 0.3) is 11.3 Å². The van der Waals surface area contributed by atoms with E-state index in [1.54, 1.807) is 11.8 Å². The van der Waals surface area contributed by atoms with Gasteiger partial charge in [0.2, 0.25) is 5.91 Å². The minimum absolute atomic E-state index is 0.277. The van der Waals surface area contributed by atoms with Gasteiger partial charge in [-0.1, -0.05) is 49.3 Å². The topological polar surface area (TPSA) is 105 Å². The highest BCUT2D eigenvalue weighted by molar-refractivity contribution is 8.01. The normalized spacial score (nSPS) is 22.6. The van der Waals surface area contributed by atoms with Crippen molar-refractivity contribution in [1.29, 1.82) is 0 Å². The van der Waals surface area contributed by atoms with Crippen LogP contribution in [0.5, 0.6) is 0 Å². The van der Waals surface area contributed by atoms with E-state index in [-0.39, 0.29) is 17.9 Å². The molecule has 2 aliphatic heterocycles. The first-order chi connectivity index (χ1) is 16.7. The molecule has 2 aliphatic rings. The van der Waals surface area contributed by atoms with Gasteiger partial charge in [-0.3, -0.25) is 9.59 Å². The van der Waals surface area contributed by atoms with Gasteiger partial charge in [-0.2, -0.15) is 0 Å². The monoisotopic (exact) mass is 500 g/mol. The molecule has 1 N–H and O–H groups in total. The first-order valence-electron chi connectivity index (χ1n) is 11.9. The number of amides is 2. The van der Waals surface area contributed by atoms with Crippen LogP contribution in [-0.2, 0) is 14.3 Å². The summed E-state index contributed by atoms with van der Waals surface area (Å²) in [5.41, 5.74) is 1.48. The molecule has 1 aromatic carbocycles. The molecule has 3 heterocycles. The summed E-state index contributed by atoms with van der Waals surface area (Å²) in [5, 5.41) is 6.56. The second-order valence-corrected chi connectivity index (χ2v) is 11.0. The van der Waals surface area contributed by atoms with Crippen molar-refractivity contribution in [2.75, 3.05) is 26.2 Å². The third-order valence-electron chi connectivity index (χ3n) is 6.63. The molecule has 9 nitrogen and oxygen atoms in total. The van der Waals surface area contributed by atoms with Crippen molar-refractivity contribution in [3.63, 3.8) is 0 Å². The lowest BCUT2D eigenvalue weighted by atomic mass is 9.95. The molecule has 0 spiro atoms. The summed E-state index contributed by atoms with van der Waals surface area (Å²) in [4.78, 5) is 43.0. The minimum atomic E-state index is -0.738. The molecule has 1 aromatic heterocycles. The van der Waals surface area contributed by atoms with Gasteiger partial charge in [0, 0.05) is 16.9 Å². The van der Waals surface area contributed by atoms with Crippen LogP contribution in [0.1, 0.15) is 43.8 Å². The van der Waals surface area contributed by atoms with Crippen molar-refractivity contribution >= 4 is 29.5 Å². The number of aromatic nitrogens is 1. The number of carbonyl (C=O) groups is 3. The van der Waals surface area contributed by atoms with E-state index in [2.05, 4.69) is 29.2 Å². The maximum atomic E-state index is 13.2. The van der Waals surface area contributed by atoms with Crippen molar-refractivity contribution in [1.82, 2.24) is 20.3 Å². The molecule has 4 rings (SSSR count). The van der Waals surface area contributed by atoms with Crippen LogP contribution in [0.15, 0.2) is 34.9 Å². The van der Waals surface area contributed by atoms with E-state index >= 15 is 0 Å². The fourth-order valence-electron chi connectivity index (χ4n) is 4.67. The van der Waals surface area contributed by atoms with Crippen molar-refractivity contribution in [3.05, 3.63) is 41.7 Å². The number of carbonyl (C=O) groups excluding carboxylic acids is 3. The zero-order chi connectivity index (χ0) is 25.3. The van der Waals surface area contributed by atoms with Gasteiger partial charge in [0.1, 0.15) is 41.1 Å². The molecule has 0 radical (unpaired) electrons. The Morgan fingerprint density at radius 3 is 2.57 bits per heavy atom. The zero-order valence-electron chi connectivity index (χ0n) is 20.7. The lowest BCUT2D eigenvalue weighted by molar-refractivity contribution is -0.163. The molecule has 2 fully saturated rings. The summed E-state index contributed by atoms with van der Waals surface area (Å²) in [6.45, 7) is 12.3. The molecule has 35 heavy (non-hydrogen) atoms. The van der Waals surface area contributed by atoms with Crippen LogP contribution in [0.3, 0.4) is 0 Å². The van der Waals surface area contributed by atoms with E-state index in [0.29, 0.717) is 23.6 Å². The Balaban J connectivity index is 1.45. The van der Waals surface area contributed by atoms with Gasteiger partial charge < -0.3 is 24.4 Å². The number of thioether (sulfide) groups is 1. The Labute approximate surface area is 209 Å². The summed E-state index contributed by atoms with van der Waals surface area (Å²) in [5.74, 6) is -0.748. The van der Waals surface area contributed by atoms with Gasteiger partial charge >= 0.3 is 5.97 Å². The summed E-state index contributed by atoms with van der Waals surface area (Å²) >= 11 is 1.50. The van der Waals surface area contributed by atoms with Crippen molar-refractivity contribution < 1.29 is 23.6 Å². The minimum Gasteiger partial charge on any atom is -0.463 e. The second kappa shape index (κ2) is 10.0. The summed E-state index contributed by atoms with van der Waals surface area (Å²) in [7, 11) is 0. The lowest BCUT2D eigenvalue weighted by Crippen LogP contribution is -2.70. The standard InChI is InChI=1S/C25H32N4O5S/c1-6-28(7-2)13-14-33-24(32)20-25(4,5)35-23-19(22(31)29(20)23)26-21(30)17-15(3)34-27-18(17)16-11-9-8-10-12-16/h8-12,19-20,23H,6-7,13-14H2,1-5H3,(H,26,30)/t19-,20+,23-/m1/s1. The number of fused-ring (bicyclic) bond motifs is 1. The molecule has 0 aliphatic carbocycles. The molecule has 188 valence electrons. The molecule has 0 saturated carbocycles. The Hall–Kier alpha value is -2.85. The number of β-lactam (4-membered cyclic amide) rings is 1. The highest BCUT2D eigenvalue weighted by Gasteiger charge is 2.64. The molecule has 2 aromatic rings. The van der Waals surface area contributed by atoms with Crippen LogP contribution in [0.4, 0.5) is 0 Å². The van der Waals surface area contributed by atoms with Crippen LogP contribution < -0.4 is 5.32 Å². The fraction of sp³-hybridized carbons (Fsp3) is 0.520. The number of nitrogens with one attached hydrogen (secondary N) is 1. The van der Waals surface area contributed by atoms with Crippen LogP contribution in [0, 0.1) is 6.92 Å². The molecule has 3 atom stereocenters. The summed E-state index contributed by atoms with van der Waals surface area (Å²) in [6.07, 6.45) is 0. The van der Waals surface area contributed by atoms with E-state index in [4.69, 9.17) is 9.26 Å². The smallest absolute Gasteiger partial charge is 0.330 e. The number of benzene rings is 1. The van der Waals surface area contributed by atoms with Gasteiger partial charge in [0.25, 0.3) is 5.91 Å². The van der Waals surface area contributed by atoms with E-state index in [9.17, 15) is 14.4 Å². The average Bonchev–Trinajstić information content (AvgIpc) is 3.35.